The Morgan fingerprint density at radius 3 is 2.88 bits per heavy atom. The Morgan fingerprint density at radius 2 is 2.17 bits per heavy atom. The number of aryl methyl sites for hydroxylation is 1. The largest absolute Gasteiger partial charge is 0.386 e. The van der Waals surface area contributed by atoms with Crippen molar-refractivity contribution in [2.24, 2.45) is 0 Å². The second-order valence-electron chi connectivity index (χ2n) is 6.40. The Bertz CT molecular complexity index is 760. The summed E-state index contributed by atoms with van der Waals surface area (Å²) in [6.07, 6.45) is 3.32. The number of aromatic nitrogens is 2. The fourth-order valence-electron chi connectivity index (χ4n) is 3.18. The third-order valence-electron chi connectivity index (χ3n) is 4.15. The smallest absolute Gasteiger partial charge is 0.383 e. The minimum atomic E-state index is -1.11. The summed E-state index contributed by atoms with van der Waals surface area (Å²) in [6.45, 7) is 3.11. The van der Waals surface area contributed by atoms with Crippen molar-refractivity contribution in [1.82, 2.24) is 9.55 Å². The van der Waals surface area contributed by atoms with E-state index < -0.39 is 10.5 Å². The van der Waals surface area contributed by atoms with E-state index in [1.165, 1.54) is 16.3 Å². The predicted octanol–water partition coefficient (Wildman–Crippen LogP) is 2.65. The lowest BCUT2D eigenvalue weighted by Crippen LogP contribution is -2.45. The van der Waals surface area contributed by atoms with Crippen LogP contribution in [0.4, 0.5) is 11.5 Å². The molecule has 0 radical (unpaired) electrons. The summed E-state index contributed by atoms with van der Waals surface area (Å²) in [7, 11) is 0. The molecule has 1 aliphatic heterocycles. The number of nitrogens with zero attached hydrogens (tertiary/aromatic N) is 4. The van der Waals surface area contributed by atoms with Gasteiger partial charge in [-0.25, -0.2) is 0 Å². The Labute approximate surface area is 144 Å². The van der Waals surface area contributed by atoms with E-state index in [2.05, 4.69) is 22.0 Å². The van der Waals surface area contributed by atoms with E-state index in [4.69, 9.17) is 11.6 Å². The number of hydrogen-bond acceptors (Lipinski definition) is 5. The lowest BCUT2D eigenvalue weighted by Gasteiger charge is -2.36. The standard InChI is InChI=1S/C16H19ClN4O3/c1-16(22,11-20-9-14(21(23)24)18-15(20)17)10-19-8-4-6-12-5-2-3-7-13(12)19/h2-3,5,7,9,22H,4,6,8,10-11H2,1H3/t16-/m0/s1. The Balaban J connectivity index is 1.76. The Kier molecular flexibility index (Phi) is 4.47. The van der Waals surface area contributed by atoms with Gasteiger partial charge in [-0.3, -0.25) is 4.57 Å². The van der Waals surface area contributed by atoms with Crippen molar-refractivity contribution >= 4 is 23.1 Å². The van der Waals surface area contributed by atoms with Gasteiger partial charge in [0.1, 0.15) is 6.20 Å². The molecule has 0 spiro atoms. The molecule has 2 heterocycles. The monoisotopic (exact) mass is 350 g/mol. The lowest BCUT2D eigenvalue weighted by molar-refractivity contribution is -0.389. The van der Waals surface area contributed by atoms with E-state index in [9.17, 15) is 15.2 Å². The zero-order valence-corrected chi connectivity index (χ0v) is 14.1. The molecule has 1 aromatic carbocycles. The molecule has 24 heavy (non-hydrogen) atoms. The van der Waals surface area contributed by atoms with Crippen LogP contribution in [0.1, 0.15) is 18.9 Å². The van der Waals surface area contributed by atoms with Gasteiger partial charge >= 0.3 is 11.1 Å². The van der Waals surface area contributed by atoms with Gasteiger partial charge in [0.15, 0.2) is 0 Å². The highest BCUT2D eigenvalue weighted by molar-refractivity contribution is 6.28. The fourth-order valence-corrected chi connectivity index (χ4v) is 3.38. The molecule has 0 aliphatic carbocycles. The van der Waals surface area contributed by atoms with Crippen LogP contribution in [0.15, 0.2) is 30.5 Å². The van der Waals surface area contributed by atoms with Gasteiger partial charge in [0.25, 0.3) is 0 Å². The summed E-state index contributed by atoms with van der Waals surface area (Å²) in [5.41, 5.74) is 1.30. The number of fused-ring (bicyclic) bond motifs is 1. The molecule has 3 rings (SSSR count). The molecule has 0 bridgehead atoms. The molecule has 128 valence electrons. The predicted molar refractivity (Wildman–Crippen MR) is 91.5 cm³/mol. The fraction of sp³-hybridized carbons (Fsp3) is 0.438. The first-order valence-electron chi connectivity index (χ1n) is 7.78. The molecule has 0 saturated heterocycles. The van der Waals surface area contributed by atoms with Gasteiger partial charge in [-0.05, 0) is 52.9 Å². The van der Waals surface area contributed by atoms with E-state index in [0.29, 0.717) is 6.54 Å². The average molecular weight is 351 g/mol. The van der Waals surface area contributed by atoms with Gasteiger partial charge in [-0.15, -0.1) is 0 Å². The van der Waals surface area contributed by atoms with Crippen LogP contribution in [0.25, 0.3) is 0 Å². The number of halogens is 1. The maximum atomic E-state index is 10.8. The molecule has 7 nitrogen and oxygen atoms in total. The number of imidazole rings is 1. The quantitative estimate of drug-likeness (QED) is 0.662. The molecule has 1 aliphatic rings. The number of para-hydroxylation sites is 1. The zero-order valence-electron chi connectivity index (χ0n) is 13.4. The minimum Gasteiger partial charge on any atom is -0.386 e. The molecule has 0 saturated carbocycles. The van der Waals surface area contributed by atoms with Crippen molar-refractivity contribution in [3.05, 3.63) is 51.4 Å². The van der Waals surface area contributed by atoms with E-state index in [0.717, 1.165) is 25.1 Å². The van der Waals surface area contributed by atoms with Crippen LogP contribution in [0, 0.1) is 10.1 Å². The van der Waals surface area contributed by atoms with Crippen LogP contribution in [0.3, 0.4) is 0 Å². The number of anilines is 1. The molecule has 1 atom stereocenters. The van der Waals surface area contributed by atoms with Gasteiger partial charge in [0.05, 0.1) is 12.1 Å². The molecule has 1 aromatic heterocycles. The summed E-state index contributed by atoms with van der Waals surface area (Å²) in [5, 5.41) is 21.6. The normalized spacial score (nSPS) is 16.5. The molecule has 1 N–H and O–H groups in total. The molecule has 0 unspecified atom stereocenters. The van der Waals surface area contributed by atoms with Crippen molar-refractivity contribution in [3.8, 4) is 0 Å². The van der Waals surface area contributed by atoms with Crippen LogP contribution in [-0.4, -0.2) is 38.3 Å². The van der Waals surface area contributed by atoms with Crippen molar-refractivity contribution in [1.29, 1.82) is 0 Å². The van der Waals surface area contributed by atoms with Gasteiger partial charge in [0.2, 0.25) is 0 Å². The van der Waals surface area contributed by atoms with E-state index >= 15 is 0 Å². The highest BCUT2D eigenvalue weighted by atomic mass is 35.5. The minimum absolute atomic E-state index is 0.000944. The first kappa shape index (κ1) is 16.7. The first-order chi connectivity index (χ1) is 11.4. The van der Waals surface area contributed by atoms with Gasteiger partial charge in [-0.2, -0.15) is 0 Å². The van der Waals surface area contributed by atoms with Crippen LogP contribution in [-0.2, 0) is 13.0 Å². The third kappa shape index (κ3) is 3.52. The number of aliphatic hydroxyl groups is 1. The van der Waals surface area contributed by atoms with E-state index in [-0.39, 0.29) is 17.6 Å². The van der Waals surface area contributed by atoms with Gasteiger partial charge < -0.3 is 20.1 Å². The number of hydrogen-bond donors (Lipinski definition) is 1. The Morgan fingerprint density at radius 1 is 1.42 bits per heavy atom. The molecular weight excluding hydrogens is 332 g/mol. The van der Waals surface area contributed by atoms with Crippen LogP contribution >= 0.6 is 11.6 Å². The van der Waals surface area contributed by atoms with Crippen molar-refractivity contribution in [2.75, 3.05) is 18.0 Å². The molecule has 2 aromatic rings. The second-order valence-corrected chi connectivity index (χ2v) is 6.74. The highest BCUT2D eigenvalue weighted by Gasteiger charge is 2.30. The van der Waals surface area contributed by atoms with Gasteiger partial charge in [-0.1, -0.05) is 18.2 Å². The zero-order chi connectivity index (χ0) is 17.3. The van der Waals surface area contributed by atoms with Gasteiger partial charge in [0, 0.05) is 18.8 Å². The average Bonchev–Trinajstić information content (AvgIpc) is 2.88. The lowest BCUT2D eigenvalue weighted by atomic mass is 9.99. The van der Waals surface area contributed by atoms with Crippen molar-refractivity contribution < 1.29 is 10.0 Å². The summed E-state index contributed by atoms with van der Waals surface area (Å²) in [5.74, 6) is -0.320. The maximum Gasteiger partial charge on any atom is 0.383 e. The van der Waals surface area contributed by atoms with E-state index in [1.807, 2.05) is 12.1 Å². The molecule has 0 fully saturated rings. The first-order valence-corrected chi connectivity index (χ1v) is 8.16. The van der Waals surface area contributed by atoms with Crippen molar-refractivity contribution in [3.63, 3.8) is 0 Å². The summed E-state index contributed by atoms with van der Waals surface area (Å²) < 4.78 is 1.41. The summed E-state index contributed by atoms with van der Waals surface area (Å²) in [6, 6.07) is 8.17. The second kappa shape index (κ2) is 6.41. The molecule has 0 amide bonds. The van der Waals surface area contributed by atoms with Crippen LogP contribution < -0.4 is 4.90 Å². The van der Waals surface area contributed by atoms with E-state index in [1.54, 1.807) is 6.92 Å². The number of β-amino-alcohol motifs (C(OH)–C–C–N with tert-alkyl or cyclic N) is 1. The summed E-state index contributed by atoms with van der Waals surface area (Å²) in [4.78, 5) is 16.0. The maximum absolute atomic E-state index is 10.8. The Hall–Kier alpha value is -2.12. The van der Waals surface area contributed by atoms with Crippen molar-refractivity contribution in [2.45, 2.75) is 31.9 Å². The highest BCUT2D eigenvalue weighted by Crippen LogP contribution is 2.28. The molecular formula is C16H19ClN4O3. The topological polar surface area (TPSA) is 84.4 Å². The molecule has 8 heteroatoms. The summed E-state index contributed by atoms with van der Waals surface area (Å²) >= 11 is 5.94. The SMILES string of the molecule is C[C@](O)(CN1CCCc2ccccc21)Cn1cc([N+](=O)[O-])nc1Cl. The number of nitro groups is 1. The number of benzene rings is 1. The van der Waals surface area contributed by atoms with Crippen LogP contribution in [0.2, 0.25) is 5.28 Å². The van der Waals surface area contributed by atoms with Crippen LogP contribution in [0.5, 0.6) is 0 Å². The third-order valence-corrected chi connectivity index (χ3v) is 4.45. The number of rotatable bonds is 5.